The standard InChI is InChI=1S/C38H46N2/c1-2-3-16-28-39-32-37(33-17-8-4-9-18-33)25-29-40(30-26-37)31-27-38(34-19-10-5-11-20-34,35-21-12-6-13-22-35)36-23-14-7-15-24-36/h4-15,17-24,39H,2-3,16,25-32H2,1H3. The van der Waals surface area contributed by atoms with Gasteiger partial charge in [0.25, 0.3) is 0 Å². The van der Waals surface area contributed by atoms with E-state index in [1.165, 1.54) is 54.4 Å². The van der Waals surface area contributed by atoms with Crippen LogP contribution in [0.1, 0.15) is 67.7 Å². The molecular formula is C38H46N2. The lowest BCUT2D eigenvalue weighted by Gasteiger charge is -2.44. The number of nitrogens with zero attached hydrogens (tertiary/aromatic N) is 1. The Morgan fingerprint density at radius 1 is 0.650 bits per heavy atom. The molecule has 0 saturated carbocycles. The maximum absolute atomic E-state index is 3.85. The Kier molecular flexibility index (Phi) is 9.86. The van der Waals surface area contributed by atoms with Gasteiger partial charge in [-0.15, -0.1) is 0 Å². The molecule has 1 heterocycles. The molecule has 0 atom stereocenters. The Labute approximate surface area is 242 Å². The first-order valence-corrected chi connectivity index (χ1v) is 15.4. The van der Waals surface area contributed by atoms with E-state index in [-0.39, 0.29) is 10.8 Å². The highest BCUT2D eigenvalue weighted by Gasteiger charge is 2.39. The van der Waals surface area contributed by atoms with Crippen LogP contribution in [0.2, 0.25) is 0 Å². The molecule has 0 amide bonds. The molecule has 5 rings (SSSR count). The van der Waals surface area contributed by atoms with Gasteiger partial charge in [-0.1, -0.05) is 141 Å². The number of benzene rings is 4. The maximum Gasteiger partial charge on any atom is 0.0463 e. The van der Waals surface area contributed by atoms with Crippen LogP contribution in [-0.4, -0.2) is 37.6 Å². The molecule has 2 nitrogen and oxygen atoms in total. The van der Waals surface area contributed by atoms with Crippen molar-refractivity contribution in [1.82, 2.24) is 10.2 Å². The molecule has 0 aromatic heterocycles. The van der Waals surface area contributed by atoms with E-state index >= 15 is 0 Å². The molecule has 1 fully saturated rings. The van der Waals surface area contributed by atoms with Crippen LogP contribution >= 0.6 is 0 Å². The smallest absolute Gasteiger partial charge is 0.0463 e. The zero-order chi connectivity index (χ0) is 27.5. The van der Waals surface area contributed by atoms with Gasteiger partial charge in [0.15, 0.2) is 0 Å². The van der Waals surface area contributed by atoms with E-state index in [0.29, 0.717) is 0 Å². The van der Waals surface area contributed by atoms with Gasteiger partial charge in [0.05, 0.1) is 0 Å². The normalized spacial score (nSPS) is 15.6. The van der Waals surface area contributed by atoms with Crippen LogP contribution < -0.4 is 5.32 Å². The van der Waals surface area contributed by atoms with Crippen molar-refractivity contribution >= 4 is 0 Å². The molecule has 0 aliphatic carbocycles. The second kappa shape index (κ2) is 13.9. The number of piperidine rings is 1. The minimum atomic E-state index is -0.182. The molecule has 1 aliphatic rings. The molecule has 208 valence electrons. The van der Waals surface area contributed by atoms with E-state index in [9.17, 15) is 0 Å². The van der Waals surface area contributed by atoms with Crippen molar-refractivity contribution in [1.29, 1.82) is 0 Å². The quantitative estimate of drug-likeness (QED) is 0.138. The Morgan fingerprint density at radius 2 is 1.12 bits per heavy atom. The van der Waals surface area contributed by atoms with E-state index in [1.807, 2.05) is 0 Å². The highest BCUT2D eigenvalue weighted by molar-refractivity contribution is 5.50. The molecule has 0 spiro atoms. The number of rotatable bonds is 13. The summed E-state index contributed by atoms with van der Waals surface area (Å²) in [6.07, 6.45) is 7.31. The van der Waals surface area contributed by atoms with Crippen molar-refractivity contribution in [2.45, 2.75) is 56.3 Å². The van der Waals surface area contributed by atoms with Gasteiger partial charge in [-0.25, -0.2) is 0 Å². The summed E-state index contributed by atoms with van der Waals surface area (Å²) >= 11 is 0. The molecule has 0 bridgehead atoms. The number of unbranched alkanes of at least 4 members (excludes halogenated alkanes) is 2. The summed E-state index contributed by atoms with van der Waals surface area (Å²) in [7, 11) is 0. The zero-order valence-corrected chi connectivity index (χ0v) is 24.3. The summed E-state index contributed by atoms with van der Waals surface area (Å²) in [5.74, 6) is 0. The van der Waals surface area contributed by atoms with E-state index in [4.69, 9.17) is 0 Å². The van der Waals surface area contributed by atoms with Gasteiger partial charge >= 0.3 is 0 Å². The third kappa shape index (κ3) is 6.40. The Balaban J connectivity index is 1.37. The minimum absolute atomic E-state index is 0.182. The summed E-state index contributed by atoms with van der Waals surface area (Å²) in [5.41, 5.74) is 5.67. The lowest BCUT2D eigenvalue weighted by molar-refractivity contribution is 0.150. The SMILES string of the molecule is CCCCCNCC1(c2ccccc2)CCN(CCC(c2ccccc2)(c2ccccc2)c2ccccc2)CC1. The molecule has 1 aliphatic heterocycles. The van der Waals surface area contributed by atoms with Crippen molar-refractivity contribution in [3.63, 3.8) is 0 Å². The van der Waals surface area contributed by atoms with Crippen LogP contribution in [0.5, 0.6) is 0 Å². The third-order valence-corrected chi connectivity index (χ3v) is 9.22. The van der Waals surface area contributed by atoms with E-state index in [2.05, 4.69) is 138 Å². The van der Waals surface area contributed by atoms with Gasteiger partial charge in [-0.05, 0) is 74.1 Å². The van der Waals surface area contributed by atoms with Crippen LogP contribution in [0.25, 0.3) is 0 Å². The van der Waals surface area contributed by atoms with E-state index in [1.54, 1.807) is 0 Å². The monoisotopic (exact) mass is 530 g/mol. The van der Waals surface area contributed by atoms with Crippen molar-refractivity contribution < 1.29 is 0 Å². The first-order valence-electron chi connectivity index (χ1n) is 15.4. The number of likely N-dealkylation sites (tertiary alicyclic amines) is 1. The highest BCUT2D eigenvalue weighted by atomic mass is 15.1. The molecule has 2 heteroatoms. The topological polar surface area (TPSA) is 15.3 Å². The molecule has 1 saturated heterocycles. The molecular weight excluding hydrogens is 484 g/mol. The average molecular weight is 531 g/mol. The Hall–Kier alpha value is -3.20. The van der Waals surface area contributed by atoms with Gasteiger partial charge in [-0.3, -0.25) is 0 Å². The minimum Gasteiger partial charge on any atom is -0.316 e. The van der Waals surface area contributed by atoms with Crippen LogP contribution in [-0.2, 0) is 10.8 Å². The van der Waals surface area contributed by atoms with Crippen LogP contribution in [0.15, 0.2) is 121 Å². The van der Waals surface area contributed by atoms with Crippen molar-refractivity contribution in [3.8, 4) is 0 Å². The molecule has 0 unspecified atom stereocenters. The van der Waals surface area contributed by atoms with Crippen LogP contribution in [0.3, 0.4) is 0 Å². The first kappa shape index (κ1) is 28.3. The van der Waals surface area contributed by atoms with Gasteiger partial charge in [0.1, 0.15) is 0 Å². The lowest BCUT2D eigenvalue weighted by atomic mass is 9.67. The predicted molar refractivity (Wildman–Crippen MR) is 170 cm³/mol. The fourth-order valence-electron chi connectivity index (χ4n) is 6.82. The summed E-state index contributed by atoms with van der Waals surface area (Å²) in [5, 5.41) is 3.85. The van der Waals surface area contributed by atoms with E-state index < -0.39 is 0 Å². The Bertz CT molecular complexity index is 1150. The first-order chi connectivity index (χ1) is 19.8. The Morgan fingerprint density at radius 3 is 1.60 bits per heavy atom. The fourth-order valence-corrected chi connectivity index (χ4v) is 6.82. The summed E-state index contributed by atoms with van der Waals surface area (Å²) in [4.78, 5) is 2.72. The van der Waals surface area contributed by atoms with E-state index in [0.717, 1.165) is 39.1 Å². The summed E-state index contributed by atoms with van der Waals surface area (Å²) in [6.45, 7) is 7.84. The largest absolute Gasteiger partial charge is 0.316 e. The fraction of sp³-hybridized carbons (Fsp3) is 0.368. The van der Waals surface area contributed by atoms with Crippen molar-refractivity contribution in [3.05, 3.63) is 144 Å². The van der Waals surface area contributed by atoms with Gasteiger partial charge < -0.3 is 10.2 Å². The van der Waals surface area contributed by atoms with Gasteiger partial charge in [0, 0.05) is 17.4 Å². The van der Waals surface area contributed by atoms with Gasteiger partial charge in [-0.2, -0.15) is 0 Å². The second-order valence-electron chi connectivity index (χ2n) is 11.6. The number of nitrogens with one attached hydrogen (secondary N) is 1. The number of hydrogen-bond acceptors (Lipinski definition) is 2. The lowest BCUT2D eigenvalue weighted by Crippen LogP contribution is -2.49. The van der Waals surface area contributed by atoms with Crippen molar-refractivity contribution in [2.75, 3.05) is 32.7 Å². The molecule has 4 aromatic rings. The van der Waals surface area contributed by atoms with Crippen LogP contribution in [0.4, 0.5) is 0 Å². The third-order valence-electron chi connectivity index (χ3n) is 9.22. The maximum atomic E-state index is 3.85. The van der Waals surface area contributed by atoms with Crippen molar-refractivity contribution in [2.24, 2.45) is 0 Å². The van der Waals surface area contributed by atoms with Gasteiger partial charge in [0.2, 0.25) is 0 Å². The molecule has 1 N–H and O–H groups in total. The molecule has 4 aromatic carbocycles. The predicted octanol–water partition coefficient (Wildman–Crippen LogP) is 8.22. The second-order valence-corrected chi connectivity index (χ2v) is 11.6. The van der Waals surface area contributed by atoms with Crippen LogP contribution in [0, 0.1) is 0 Å². The number of hydrogen-bond donors (Lipinski definition) is 1. The molecule has 0 radical (unpaired) electrons. The zero-order valence-electron chi connectivity index (χ0n) is 24.3. The summed E-state index contributed by atoms with van der Waals surface area (Å²) in [6, 6.07) is 44.8. The molecule has 40 heavy (non-hydrogen) atoms. The summed E-state index contributed by atoms with van der Waals surface area (Å²) < 4.78 is 0. The highest BCUT2D eigenvalue weighted by Crippen LogP contribution is 2.43. The average Bonchev–Trinajstić information content (AvgIpc) is 3.04.